The summed E-state index contributed by atoms with van der Waals surface area (Å²) in [7, 11) is 0. The first-order valence-electron chi connectivity index (χ1n) is 8.16. The van der Waals surface area contributed by atoms with Crippen LogP contribution < -0.4 is 5.32 Å². The lowest BCUT2D eigenvalue weighted by atomic mass is 10.2. The Morgan fingerprint density at radius 2 is 2.26 bits per heavy atom. The average molecular weight is 316 g/mol. The number of likely N-dealkylation sites (tertiary alicyclic amines) is 1. The van der Waals surface area contributed by atoms with E-state index >= 15 is 0 Å². The summed E-state index contributed by atoms with van der Waals surface area (Å²) in [5, 5.41) is 11.2. The normalized spacial score (nSPS) is 21.7. The van der Waals surface area contributed by atoms with Gasteiger partial charge in [-0.2, -0.15) is 0 Å². The molecule has 3 heterocycles. The molecule has 23 heavy (non-hydrogen) atoms. The number of amides is 1. The Kier molecular flexibility index (Phi) is 3.87. The van der Waals surface area contributed by atoms with Crippen molar-refractivity contribution in [3.63, 3.8) is 0 Å². The van der Waals surface area contributed by atoms with Crippen LogP contribution in [0.2, 0.25) is 0 Å². The van der Waals surface area contributed by atoms with Gasteiger partial charge in [-0.15, -0.1) is 10.2 Å². The Bertz CT molecular complexity index is 663. The summed E-state index contributed by atoms with van der Waals surface area (Å²) in [6, 6.07) is 3.53. The van der Waals surface area contributed by atoms with Crippen molar-refractivity contribution in [2.45, 2.75) is 50.7 Å². The smallest absolute Gasteiger partial charge is 0.237 e. The molecule has 2 aromatic rings. The molecule has 122 valence electrons. The molecule has 1 amide bonds. The first-order valence-corrected chi connectivity index (χ1v) is 8.16. The van der Waals surface area contributed by atoms with Gasteiger partial charge < -0.3 is 14.2 Å². The van der Waals surface area contributed by atoms with Crippen molar-refractivity contribution in [3.05, 3.63) is 35.9 Å². The van der Waals surface area contributed by atoms with Crippen LogP contribution in [0.25, 0.3) is 0 Å². The molecule has 7 heteroatoms. The van der Waals surface area contributed by atoms with E-state index in [0.717, 1.165) is 43.9 Å². The van der Waals surface area contributed by atoms with Gasteiger partial charge in [-0.05, 0) is 44.4 Å². The Labute approximate surface area is 134 Å². The van der Waals surface area contributed by atoms with Crippen molar-refractivity contribution in [2.75, 3.05) is 6.54 Å². The molecule has 2 fully saturated rings. The van der Waals surface area contributed by atoms with Gasteiger partial charge in [0.2, 0.25) is 17.7 Å². The van der Waals surface area contributed by atoms with Gasteiger partial charge in [0.25, 0.3) is 0 Å². The highest BCUT2D eigenvalue weighted by molar-refractivity contribution is 5.81. The number of carbonyl (C=O) groups is 1. The number of furan rings is 1. The van der Waals surface area contributed by atoms with Gasteiger partial charge in [-0.1, -0.05) is 0 Å². The molecule has 1 aliphatic carbocycles. The molecule has 2 aromatic heterocycles. The fraction of sp³-hybridized carbons (Fsp3) is 0.562. The van der Waals surface area contributed by atoms with E-state index in [0.29, 0.717) is 24.9 Å². The Balaban J connectivity index is 1.34. The van der Waals surface area contributed by atoms with Gasteiger partial charge in [0.05, 0.1) is 25.4 Å². The molecule has 0 radical (unpaired) electrons. The second-order valence-corrected chi connectivity index (χ2v) is 6.23. The lowest BCUT2D eigenvalue weighted by Gasteiger charge is -2.21. The van der Waals surface area contributed by atoms with E-state index in [-0.39, 0.29) is 11.9 Å². The highest BCUT2D eigenvalue weighted by atomic mass is 16.4. The van der Waals surface area contributed by atoms with Gasteiger partial charge in [-0.3, -0.25) is 9.69 Å². The first-order chi connectivity index (χ1) is 11.3. The monoisotopic (exact) mass is 316 g/mol. The third-order valence-electron chi connectivity index (χ3n) is 4.43. The van der Waals surface area contributed by atoms with Crippen LogP contribution in [0.4, 0.5) is 0 Å². The molecule has 2 aliphatic rings. The minimum atomic E-state index is -0.138. The van der Waals surface area contributed by atoms with Crippen LogP contribution in [0.15, 0.2) is 27.2 Å². The number of hydrogen-bond acceptors (Lipinski definition) is 6. The summed E-state index contributed by atoms with van der Waals surface area (Å²) < 4.78 is 10.9. The molecular weight excluding hydrogens is 296 g/mol. The van der Waals surface area contributed by atoms with E-state index in [1.54, 1.807) is 6.26 Å². The second-order valence-electron chi connectivity index (χ2n) is 6.23. The third kappa shape index (κ3) is 3.29. The van der Waals surface area contributed by atoms with Gasteiger partial charge in [-0.25, -0.2) is 0 Å². The average Bonchev–Trinajstić information content (AvgIpc) is 2.99. The van der Waals surface area contributed by atoms with E-state index < -0.39 is 0 Å². The summed E-state index contributed by atoms with van der Waals surface area (Å²) in [5.74, 6) is 2.60. The maximum atomic E-state index is 12.4. The molecule has 1 N–H and O–H groups in total. The number of rotatable bonds is 6. The Morgan fingerprint density at radius 3 is 3.04 bits per heavy atom. The van der Waals surface area contributed by atoms with Crippen LogP contribution in [0.5, 0.6) is 0 Å². The maximum absolute atomic E-state index is 12.4. The van der Waals surface area contributed by atoms with Crippen LogP contribution in [0, 0.1) is 0 Å². The maximum Gasteiger partial charge on any atom is 0.237 e. The van der Waals surface area contributed by atoms with E-state index in [9.17, 15) is 4.79 Å². The largest absolute Gasteiger partial charge is 0.467 e. The topological polar surface area (TPSA) is 84.4 Å². The lowest BCUT2D eigenvalue weighted by Crippen LogP contribution is -2.42. The quantitative estimate of drug-likeness (QED) is 0.875. The standard InChI is InChI=1S/C16H20N4O3/c21-15(17-9-12-3-2-8-22-12)13-4-1-7-20(13)10-14-18-19-16(23-14)11-5-6-11/h2-3,8,11,13H,1,4-7,9-10H2,(H,17,21)/t13-/m1/s1. The molecule has 0 unspecified atom stereocenters. The Hall–Kier alpha value is -2.15. The van der Waals surface area contributed by atoms with Crippen molar-refractivity contribution in [1.82, 2.24) is 20.4 Å². The summed E-state index contributed by atoms with van der Waals surface area (Å²) in [5.41, 5.74) is 0. The highest BCUT2D eigenvalue weighted by Gasteiger charge is 2.33. The van der Waals surface area contributed by atoms with Crippen LogP contribution in [0.1, 0.15) is 49.1 Å². The minimum Gasteiger partial charge on any atom is -0.467 e. The predicted octanol–water partition coefficient (Wildman–Crippen LogP) is 1.82. The van der Waals surface area contributed by atoms with Gasteiger partial charge >= 0.3 is 0 Å². The van der Waals surface area contributed by atoms with Crippen LogP contribution in [-0.2, 0) is 17.9 Å². The molecule has 0 bridgehead atoms. The SMILES string of the molecule is O=C(NCc1ccco1)[C@H]1CCCN1Cc1nnc(C2CC2)o1. The molecule has 1 atom stereocenters. The van der Waals surface area contributed by atoms with Crippen molar-refractivity contribution < 1.29 is 13.6 Å². The zero-order valence-electron chi connectivity index (χ0n) is 12.9. The molecule has 7 nitrogen and oxygen atoms in total. The van der Waals surface area contributed by atoms with E-state index in [1.165, 1.54) is 0 Å². The number of aromatic nitrogens is 2. The molecule has 1 saturated carbocycles. The summed E-state index contributed by atoms with van der Waals surface area (Å²) in [6.07, 6.45) is 5.75. The van der Waals surface area contributed by atoms with Crippen molar-refractivity contribution in [1.29, 1.82) is 0 Å². The fourth-order valence-corrected chi connectivity index (χ4v) is 3.02. The van der Waals surface area contributed by atoms with E-state index in [4.69, 9.17) is 8.83 Å². The first kappa shape index (κ1) is 14.4. The minimum absolute atomic E-state index is 0.0285. The number of hydrogen-bond donors (Lipinski definition) is 1. The van der Waals surface area contributed by atoms with Gasteiger partial charge in [0, 0.05) is 5.92 Å². The van der Waals surface area contributed by atoms with E-state index in [1.807, 2.05) is 12.1 Å². The molecular formula is C16H20N4O3. The van der Waals surface area contributed by atoms with E-state index in [2.05, 4.69) is 20.4 Å². The van der Waals surface area contributed by atoms with Crippen LogP contribution in [0.3, 0.4) is 0 Å². The summed E-state index contributed by atoms with van der Waals surface area (Å²) in [6.45, 7) is 1.83. The van der Waals surface area contributed by atoms with Crippen LogP contribution in [-0.4, -0.2) is 33.6 Å². The fourth-order valence-electron chi connectivity index (χ4n) is 3.02. The zero-order chi connectivity index (χ0) is 15.6. The second kappa shape index (κ2) is 6.16. The number of nitrogens with one attached hydrogen (secondary N) is 1. The Morgan fingerprint density at radius 1 is 1.35 bits per heavy atom. The highest BCUT2D eigenvalue weighted by Crippen LogP contribution is 2.39. The summed E-state index contributed by atoms with van der Waals surface area (Å²) >= 11 is 0. The molecule has 1 saturated heterocycles. The molecule has 4 rings (SSSR count). The van der Waals surface area contributed by atoms with Crippen LogP contribution >= 0.6 is 0 Å². The molecule has 1 aliphatic heterocycles. The van der Waals surface area contributed by atoms with Crippen molar-refractivity contribution in [3.8, 4) is 0 Å². The number of carbonyl (C=O) groups excluding carboxylic acids is 1. The zero-order valence-corrected chi connectivity index (χ0v) is 12.9. The number of nitrogens with zero attached hydrogens (tertiary/aromatic N) is 3. The molecule has 0 spiro atoms. The predicted molar refractivity (Wildman–Crippen MR) is 80.3 cm³/mol. The van der Waals surface area contributed by atoms with Gasteiger partial charge in [0.15, 0.2) is 0 Å². The lowest BCUT2D eigenvalue weighted by molar-refractivity contribution is -0.126. The van der Waals surface area contributed by atoms with Crippen molar-refractivity contribution in [2.24, 2.45) is 0 Å². The molecule has 0 aromatic carbocycles. The van der Waals surface area contributed by atoms with Gasteiger partial charge in [0.1, 0.15) is 5.76 Å². The third-order valence-corrected chi connectivity index (χ3v) is 4.43. The van der Waals surface area contributed by atoms with Crippen molar-refractivity contribution >= 4 is 5.91 Å². The summed E-state index contributed by atoms with van der Waals surface area (Å²) in [4.78, 5) is 14.5.